The zero-order chi connectivity index (χ0) is 22.7. The van der Waals surface area contributed by atoms with E-state index in [4.69, 9.17) is 14.2 Å². The predicted molar refractivity (Wildman–Crippen MR) is 123 cm³/mol. The molecule has 32 heavy (non-hydrogen) atoms. The largest absolute Gasteiger partial charge is 0.508 e. The highest BCUT2D eigenvalue weighted by molar-refractivity contribution is 6.33. The highest BCUT2D eigenvalue weighted by atomic mass is 16.5. The first-order valence-corrected chi connectivity index (χ1v) is 9.84. The van der Waals surface area contributed by atoms with E-state index < -0.39 is 0 Å². The number of carbonyl (C=O) groups is 1. The van der Waals surface area contributed by atoms with Gasteiger partial charge >= 0.3 is 0 Å². The van der Waals surface area contributed by atoms with Gasteiger partial charge in [-0.25, -0.2) is 4.99 Å². The number of methoxy groups -OCH3 is 3. The number of phenols is 1. The third kappa shape index (κ3) is 4.00. The number of rotatable bonds is 6. The molecule has 0 radical (unpaired) electrons. The fourth-order valence-corrected chi connectivity index (χ4v) is 3.39. The average molecular weight is 430 g/mol. The Balaban J connectivity index is 1.79. The summed E-state index contributed by atoms with van der Waals surface area (Å²) in [5.74, 6) is 2.18. The summed E-state index contributed by atoms with van der Waals surface area (Å²) in [5.41, 5.74) is 2.37. The van der Waals surface area contributed by atoms with Crippen LogP contribution in [0.3, 0.4) is 0 Å². The Labute approximate surface area is 185 Å². The lowest BCUT2D eigenvalue weighted by molar-refractivity contribution is -0.113. The van der Waals surface area contributed by atoms with Crippen molar-refractivity contribution in [1.82, 2.24) is 0 Å². The molecule has 3 aromatic rings. The summed E-state index contributed by atoms with van der Waals surface area (Å²) in [6.07, 6.45) is 1.70. The number of aliphatic imine (C=N–C) groups is 1. The lowest BCUT2D eigenvalue weighted by Crippen LogP contribution is -2.32. The molecule has 0 saturated heterocycles. The molecule has 0 atom stereocenters. The van der Waals surface area contributed by atoms with Crippen LogP contribution in [-0.2, 0) is 4.79 Å². The van der Waals surface area contributed by atoms with Gasteiger partial charge in [-0.15, -0.1) is 0 Å². The molecular weight excluding hydrogens is 408 g/mol. The minimum Gasteiger partial charge on any atom is -0.508 e. The van der Waals surface area contributed by atoms with Gasteiger partial charge < -0.3 is 19.3 Å². The molecule has 0 bridgehead atoms. The lowest BCUT2D eigenvalue weighted by atomic mass is 10.1. The van der Waals surface area contributed by atoms with E-state index in [1.807, 2.05) is 30.3 Å². The molecule has 7 nitrogen and oxygen atoms in total. The number of ether oxygens (including phenoxy) is 3. The Hall–Kier alpha value is -4.26. The molecule has 1 aliphatic heterocycles. The third-order valence-electron chi connectivity index (χ3n) is 5.03. The van der Waals surface area contributed by atoms with Crippen molar-refractivity contribution in [3.8, 4) is 23.0 Å². The number of carbonyl (C=O) groups excluding carboxylic acids is 1. The normalized spacial score (nSPS) is 14.5. The summed E-state index contributed by atoms with van der Waals surface area (Å²) < 4.78 is 15.9. The second-order valence-electron chi connectivity index (χ2n) is 6.96. The second kappa shape index (κ2) is 8.85. The zero-order valence-corrected chi connectivity index (χ0v) is 17.9. The molecule has 0 saturated carbocycles. The number of hydrogen-bond donors (Lipinski definition) is 1. The Morgan fingerprint density at radius 2 is 1.53 bits per heavy atom. The zero-order valence-electron chi connectivity index (χ0n) is 17.9. The molecule has 7 heteroatoms. The summed E-state index contributed by atoms with van der Waals surface area (Å²) in [7, 11) is 4.72. The van der Waals surface area contributed by atoms with E-state index in [1.54, 1.807) is 51.7 Å². The minimum atomic E-state index is -0.281. The van der Waals surface area contributed by atoms with E-state index in [-0.39, 0.29) is 17.4 Å². The Kier molecular flexibility index (Phi) is 5.81. The Morgan fingerprint density at radius 1 is 0.844 bits per heavy atom. The summed E-state index contributed by atoms with van der Waals surface area (Å²) in [6, 6.07) is 19.1. The Bertz CT molecular complexity index is 1200. The van der Waals surface area contributed by atoms with Crippen LogP contribution in [0.1, 0.15) is 11.1 Å². The van der Waals surface area contributed by atoms with Gasteiger partial charge in [0.1, 0.15) is 23.0 Å². The van der Waals surface area contributed by atoms with Crippen LogP contribution in [0.25, 0.3) is 6.08 Å². The fourth-order valence-electron chi connectivity index (χ4n) is 3.39. The first-order valence-electron chi connectivity index (χ1n) is 9.84. The number of hydrogen-bond acceptors (Lipinski definition) is 6. The maximum atomic E-state index is 13.4. The van der Waals surface area contributed by atoms with Crippen LogP contribution < -0.4 is 19.1 Å². The van der Waals surface area contributed by atoms with Gasteiger partial charge in [-0.1, -0.05) is 6.07 Å². The van der Waals surface area contributed by atoms with Gasteiger partial charge in [0, 0.05) is 5.56 Å². The maximum Gasteiger partial charge on any atom is 0.282 e. The van der Waals surface area contributed by atoms with E-state index in [9.17, 15) is 9.90 Å². The van der Waals surface area contributed by atoms with Crippen molar-refractivity contribution in [2.75, 3.05) is 26.2 Å². The van der Waals surface area contributed by atoms with Crippen molar-refractivity contribution < 1.29 is 24.1 Å². The average Bonchev–Trinajstić information content (AvgIpc) is 3.15. The van der Waals surface area contributed by atoms with Crippen molar-refractivity contribution in [2.45, 2.75) is 0 Å². The number of amides is 1. The summed E-state index contributed by atoms with van der Waals surface area (Å²) in [4.78, 5) is 19.5. The van der Waals surface area contributed by atoms with E-state index in [2.05, 4.69) is 4.99 Å². The number of anilines is 1. The van der Waals surface area contributed by atoms with Gasteiger partial charge in [0.05, 0.1) is 27.0 Å². The predicted octanol–water partition coefficient (Wildman–Crippen LogP) is 4.25. The third-order valence-corrected chi connectivity index (χ3v) is 5.03. The smallest absolute Gasteiger partial charge is 0.282 e. The van der Waals surface area contributed by atoms with E-state index >= 15 is 0 Å². The van der Waals surface area contributed by atoms with Crippen LogP contribution in [0.4, 0.5) is 5.69 Å². The van der Waals surface area contributed by atoms with Gasteiger partial charge in [0.25, 0.3) is 5.91 Å². The van der Waals surface area contributed by atoms with Crippen molar-refractivity contribution in [2.24, 2.45) is 4.99 Å². The lowest BCUT2D eigenvalue weighted by Gasteiger charge is -2.18. The minimum absolute atomic E-state index is 0.115. The molecule has 4 rings (SSSR count). The maximum absolute atomic E-state index is 13.4. The monoisotopic (exact) mass is 430 g/mol. The molecule has 1 amide bonds. The SMILES string of the molecule is COc1ccc(C2=N/C(=C/c3ccc(OC)c(OC)c3)C(=O)N2c2ccc(O)cc2)cc1. The highest BCUT2D eigenvalue weighted by Gasteiger charge is 2.32. The number of phenolic OH excluding ortho intramolecular Hbond substituents is 1. The summed E-state index contributed by atoms with van der Waals surface area (Å²) >= 11 is 0. The van der Waals surface area contributed by atoms with Crippen molar-refractivity contribution in [1.29, 1.82) is 0 Å². The molecule has 0 aliphatic carbocycles. The van der Waals surface area contributed by atoms with Crippen LogP contribution in [0.5, 0.6) is 23.0 Å². The van der Waals surface area contributed by atoms with Crippen molar-refractivity contribution >= 4 is 23.5 Å². The number of aromatic hydroxyl groups is 1. The fraction of sp³-hybridized carbons (Fsp3) is 0.120. The molecule has 162 valence electrons. The molecule has 0 spiro atoms. The molecule has 0 aromatic heterocycles. The molecule has 1 aliphatic rings. The molecule has 1 N–H and O–H groups in total. The van der Waals surface area contributed by atoms with Gasteiger partial charge in [0.2, 0.25) is 0 Å². The van der Waals surface area contributed by atoms with E-state index in [1.165, 1.54) is 17.0 Å². The standard InChI is InChI=1S/C25H22N2O5/c1-30-20-11-5-17(6-12-20)24-26-21(14-16-4-13-22(31-2)23(15-16)32-3)25(29)27(24)18-7-9-19(28)10-8-18/h4-15,28H,1-3H3/b21-14+. The van der Waals surface area contributed by atoms with Crippen LogP contribution in [0.15, 0.2) is 77.4 Å². The molecule has 0 unspecified atom stereocenters. The first kappa shape index (κ1) is 21.0. The molecular formula is C25H22N2O5. The van der Waals surface area contributed by atoms with Crippen molar-refractivity contribution in [3.63, 3.8) is 0 Å². The number of nitrogens with zero attached hydrogens (tertiary/aromatic N) is 2. The first-order chi connectivity index (χ1) is 15.5. The van der Waals surface area contributed by atoms with E-state index in [0.29, 0.717) is 28.8 Å². The van der Waals surface area contributed by atoms with Gasteiger partial charge in [0.15, 0.2) is 11.5 Å². The topological polar surface area (TPSA) is 80.6 Å². The molecule has 1 heterocycles. The van der Waals surface area contributed by atoms with Crippen LogP contribution in [0, 0.1) is 0 Å². The second-order valence-corrected chi connectivity index (χ2v) is 6.96. The van der Waals surface area contributed by atoms with Crippen molar-refractivity contribution in [3.05, 3.63) is 83.6 Å². The van der Waals surface area contributed by atoms with Gasteiger partial charge in [-0.2, -0.15) is 0 Å². The van der Waals surface area contributed by atoms with Gasteiger partial charge in [-0.3, -0.25) is 9.69 Å². The summed E-state index contributed by atoms with van der Waals surface area (Å²) in [5, 5.41) is 9.66. The summed E-state index contributed by atoms with van der Waals surface area (Å²) in [6.45, 7) is 0. The van der Waals surface area contributed by atoms with Gasteiger partial charge in [-0.05, 0) is 72.3 Å². The van der Waals surface area contributed by atoms with Crippen LogP contribution in [-0.4, -0.2) is 38.2 Å². The quantitative estimate of drug-likeness (QED) is 0.592. The van der Waals surface area contributed by atoms with E-state index in [0.717, 1.165) is 11.1 Å². The van der Waals surface area contributed by atoms with Crippen LogP contribution >= 0.6 is 0 Å². The highest BCUT2D eigenvalue weighted by Crippen LogP contribution is 2.32. The molecule has 3 aromatic carbocycles. The molecule has 0 fully saturated rings. The van der Waals surface area contributed by atoms with Crippen LogP contribution in [0.2, 0.25) is 0 Å². The Morgan fingerprint density at radius 3 is 2.16 bits per heavy atom. The number of amidine groups is 1. The number of benzene rings is 3.